The summed E-state index contributed by atoms with van der Waals surface area (Å²) in [5.41, 5.74) is 2.74. The fourth-order valence-corrected chi connectivity index (χ4v) is 4.25. The second-order valence-corrected chi connectivity index (χ2v) is 9.92. The van der Waals surface area contributed by atoms with Crippen LogP contribution in [0.3, 0.4) is 0 Å². The van der Waals surface area contributed by atoms with Crippen molar-refractivity contribution >= 4 is 39.3 Å². The Labute approximate surface area is 226 Å². The zero-order chi connectivity index (χ0) is 25.9. The van der Waals surface area contributed by atoms with Crippen molar-refractivity contribution in [3.8, 4) is 5.75 Å². The third-order valence-electron chi connectivity index (χ3n) is 5.89. The highest BCUT2D eigenvalue weighted by Crippen LogP contribution is 2.23. The lowest BCUT2D eigenvalue weighted by molar-refractivity contribution is -0.142. The number of aryl methyl sites for hydroxylation is 1. The van der Waals surface area contributed by atoms with Gasteiger partial charge in [0.15, 0.2) is 6.61 Å². The van der Waals surface area contributed by atoms with Gasteiger partial charge in [0.25, 0.3) is 5.91 Å². The average Bonchev–Trinajstić information content (AvgIpc) is 2.88. The molecule has 190 valence electrons. The fourth-order valence-electron chi connectivity index (χ4n) is 3.81. The van der Waals surface area contributed by atoms with Gasteiger partial charge in [-0.15, -0.1) is 0 Å². The molecule has 36 heavy (non-hydrogen) atoms. The maximum atomic E-state index is 13.6. The van der Waals surface area contributed by atoms with Crippen LogP contribution in [0.5, 0.6) is 5.75 Å². The number of carbonyl (C=O) groups excluding carboxylic acids is 2. The third kappa shape index (κ3) is 8.10. The summed E-state index contributed by atoms with van der Waals surface area (Å²) < 4.78 is 6.82. The highest BCUT2D eigenvalue weighted by atomic mass is 79.9. The van der Waals surface area contributed by atoms with Gasteiger partial charge in [-0.05, 0) is 54.3 Å². The van der Waals surface area contributed by atoms with Gasteiger partial charge in [-0.3, -0.25) is 9.59 Å². The monoisotopic (exact) mass is 570 g/mol. The number of carbonyl (C=O) groups is 2. The molecule has 1 atom stereocenters. The van der Waals surface area contributed by atoms with Gasteiger partial charge in [-0.2, -0.15) is 0 Å². The van der Waals surface area contributed by atoms with E-state index in [0.717, 1.165) is 34.0 Å². The molecule has 0 aromatic heterocycles. The molecule has 7 heteroatoms. The quantitative estimate of drug-likeness (QED) is 0.258. The molecule has 3 rings (SSSR count). The second-order valence-electron chi connectivity index (χ2n) is 8.66. The topological polar surface area (TPSA) is 58.6 Å². The van der Waals surface area contributed by atoms with Crippen molar-refractivity contribution in [2.75, 3.05) is 13.2 Å². The van der Waals surface area contributed by atoms with E-state index in [-0.39, 0.29) is 25.0 Å². The van der Waals surface area contributed by atoms with Crippen LogP contribution in [0, 0.1) is 6.92 Å². The van der Waals surface area contributed by atoms with E-state index in [4.69, 9.17) is 16.3 Å². The maximum absolute atomic E-state index is 13.6. The molecule has 0 spiro atoms. The molecule has 0 aliphatic rings. The van der Waals surface area contributed by atoms with E-state index in [1.165, 1.54) is 0 Å². The normalized spacial score (nSPS) is 11.6. The zero-order valence-corrected chi connectivity index (χ0v) is 23.0. The van der Waals surface area contributed by atoms with Gasteiger partial charge >= 0.3 is 0 Å². The van der Waals surface area contributed by atoms with Gasteiger partial charge in [0, 0.05) is 29.0 Å². The van der Waals surface area contributed by atoms with Gasteiger partial charge < -0.3 is 15.0 Å². The first kappa shape index (κ1) is 27.8. The van der Waals surface area contributed by atoms with Crippen molar-refractivity contribution < 1.29 is 14.3 Å². The van der Waals surface area contributed by atoms with E-state index in [0.29, 0.717) is 23.7 Å². The van der Waals surface area contributed by atoms with Crippen LogP contribution in [0.1, 0.15) is 36.5 Å². The van der Waals surface area contributed by atoms with Crippen molar-refractivity contribution in [3.63, 3.8) is 0 Å². The Kier molecular flexibility index (Phi) is 10.8. The number of ether oxygens (including phenoxy) is 1. The zero-order valence-electron chi connectivity index (χ0n) is 20.7. The van der Waals surface area contributed by atoms with E-state index in [1.54, 1.807) is 11.0 Å². The summed E-state index contributed by atoms with van der Waals surface area (Å²) in [6.07, 6.45) is 2.22. The van der Waals surface area contributed by atoms with E-state index < -0.39 is 6.04 Å². The maximum Gasteiger partial charge on any atom is 0.261 e. The van der Waals surface area contributed by atoms with Crippen LogP contribution in [0.4, 0.5) is 0 Å². The Hall–Kier alpha value is -2.83. The van der Waals surface area contributed by atoms with Crippen molar-refractivity contribution in [1.29, 1.82) is 0 Å². The number of hydrogen-bond acceptors (Lipinski definition) is 3. The molecule has 0 bridgehead atoms. The van der Waals surface area contributed by atoms with Gasteiger partial charge in [0.05, 0.1) is 0 Å². The number of amides is 2. The molecule has 0 radical (unpaired) electrons. The molecule has 1 N–H and O–H groups in total. The van der Waals surface area contributed by atoms with Crippen LogP contribution < -0.4 is 10.1 Å². The van der Waals surface area contributed by atoms with Crippen LogP contribution in [0.25, 0.3) is 0 Å². The Morgan fingerprint density at radius 1 is 1.06 bits per heavy atom. The smallest absolute Gasteiger partial charge is 0.261 e. The van der Waals surface area contributed by atoms with Crippen molar-refractivity contribution in [2.24, 2.45) is 0 Å². The van der Waals surface area contributed by atoms with Gasteiger partial charge in [0.1, 0.15) is 11.8 Å². The molecule has 3 aromatic carbocycles. The van der Waals surface area contributed by atoms with Crippen molar-refractivity contribution in [2.45, 2.75) is 45.7 Å². The summed E-state index contributed by atoms with van der Waals surface area (Å²) in [6, 6.07) is 21.9. The van der Waals surface area contributed by atoms with E-state index in [9.17, 15) is 9.59 Å². The first-order valence-corrected chi connectivity index (χ1v) is 13.3. The molecule has 0 saturated heterocycles. The predicted octanol–water partition coefficient (Wildman–Crippen LogP) is 6.35. The lowest BCUT2D eigenvalue weighted by Crippen LogP contribution is -2.51. The molecule has 0 aliphatic carbocycles. The Morgan fingerprint density at radius 3 is 2.47 bits per heavy atom. The summed E-state index contributed by atoms with van der Waals surface area (Å²) in [4.78, 5) is 28.6. The molecule has 0 saturated carbocycles. The molecule has 3 aromatic rings. The summed E-state index contributed by atoms with van der Waals surface area (Å²) in [6.45, 7) is 4.59. The molecular weight excluding hydrogens is 540 g/mol. The van der Waals surface area contributed by atoms with Crippen LogP contribution in [0.2, 0.25) is 5.02 Å². The predicted molar refractivity (Wildman–Crippen MR) is 148 cm³/mol. The molecular formula is C29H32BrClN2O3. The molecule has 0 fully saturated rings. The Bertz CT molecular complexity index is 1160. The number of halogens is 2. The average molecular weight is 572 g/mol. The van der Waals surface area contributed by atoms with Crippen LogP contribution in [-0.2, 0) is 22.6 Å². The standard InChI is InChI=1S/C29H32BrClN2O3/c1-3-4-16-32-29(35)27(18-22-10-6-5-7-11-22)33(19-23-12-8-9-13-26(23)31)28(34)20-36-24-14-15-25(30)21(2)17-24/h5-15,17,27H,3-4,16,18-20H2,1-2H3,(H,32,35). The third-order valence-corrected chi connectivity index (χ3v) is 7.15. The largest absolute Gasteiger partial charge is 0.484 e. The number of hydrogen-bond donors (Lipinski definition) is 1. The number of rotatable bonds is 12. The van der Waals surface area contributed by atoms with Gasteiger partial charge in [-0.1, -0.05) is 89.4 Å². The molecule has 0 heterocycles. The minimum Gasteiger partial charge on any atom is -0.484 e. The molecule has 0 aliphatic heterocycles. The minimum atomic E-state index is -0.719. The van der Waals surface area contributed by atoms with E-state index >= 15 is 0 Å². The highest BCUT2D eigenvalue weighted by molar-refractivity contribution is 9.10. The van der Waals surface area contributed by atoms with E-state index in [1.807, 2.05) is 73.7 Å². The molecule has 5 nitrogen and oxygen atoms in total. The summed E-state index contributed by atoms with van der Waals surface area (Å²) >= 11 is 9.93. The Morgan fingerprint density at radius 2 is 1.78 bits per heavy atom. The summed E-state index contributed by atoms with van der Waals surface area (Å²) in [5.74, 6) is 0.114. The lowest BCUT2D eigenvalue weighted by atomic mass is 10.0. The minimum absolute atomic E-state index is 0.188. The molecule has 1 unspecified atom stereocenters. The first-order chi connectivity index (χ1) is 17.4. The summed E-state index contributed by atoms with van der Waals surface area (Å²) in [5, 5.41) is 3.56. The Balaban J connectivity index is 1.89. The van der Waals surface area contributed by atoms with E-state index in [2.05, 4.69) is 28.2 Å². The lowest BCUT2D eigenvalue weighted by Gasteiger charge is -2.31. The fraction of sp³-hybridized carbons (Fsp3) is 0.310. The SMILES string of the molecule is CCCCNC(=O)C(Cc1ccccc1)N(Cc1ccccc1Cl)C(=O)COc1ccc(Br)c(C)c1. The first-order valence-electron chi connectivity index (χ1n) is 12.1. The van der Waals surface area contributed by atoms with Crippen molar-refractivity contribution in [1.82, 2.24) is 10.2 Å². The van der Waals surface area contributed by atoms with Crippen molar-refractivity contribution in [3.05, 3.63) is 99.0 Å². The van der Waals surface area contributed by atoms with Crippen LogP contribution in [-0.4, -0.2) is 35.9 Å². The number of benzene rings is 3. The number of nitrogens with one attached hydrogen (secondary N) is 1. The van der Waals surface area contributed by atoms with Crippen LogP contribution >= 0.6 is 27.5 Å². The number of nitrogens with zero attached hydrogens (tertiary/aromatic N) is 1. The van der Waals surface area contributed by atoms with Gasteiger partial charge in [-0.25, -0.2) is 0 Å². The number of unbranched alkanes of at least 4 members (excludes halogenated alkanes) is 1. The van der Waals surface area contributed by atoms with Gasteiger partial charge in [0.2, 0.25) is 5.91 Å². The molecule has 2 amide bonds. The van der Waals surface area contributed by atoms with Crippen LogP contribution in [0.15, 0.2) is 77.3 Å². The summed E-state index contributed by atoms with van der Waals surface area (Å²) in [7, 11) is 0. The second kappa shape index (κ2) is 14.0. The highest BCUT2D eigenvalue weighted by Gasteiger charge is 2.31.